The van der Waals surface area contributed by atoms with E-state index in [9.17, 15) is 0 Å². The molecule has 2 fully saturated rings. The smallest absolute Gasteiger partial charge is 0.0801 e. The topological polar surface area (TPSA) is 41.6 Å². The molecule has 0 aromatic rings. The number of likely N-dealkylation sites (tertiary alicyclic amines) is 1. The van der Waals surface area contributed by atoms with Gasteiger partial charge in [0.2, 0.25) is 0 Å². The van der Waals surface area contributed by atoms with Crippen LogP contribution in [0.4, 0.5) is 0 Å². The van der Waals surface area contributed by atoms with Crippen LogP contribution in [0.2, 0.25) is 0 Å². The van der Waals surface area contributed by atoms with E-state index in [1.54, 1.807) is 0 Å². The van der Waals surface area contributed by atoms with Gasteiger partial charge in [0, 0.05) is 13.1 Å². The Labute approximate surface area is 67.3 Å². The molecule has 0 unspecified atom stereocenters. The van der Waals surface area contributed by atoms with Crippen LogP contribution in [-0.4, -0.2) is 37.4 Å². The van der Waals surface area contributed by atoms with Crippen LogP contribution in [0.3, 0.4) is 0 Å². The molecule has 0 atom stereocenters. The van der Waals surface area contributed by atoms with Crippen molar-refractivity contribution in [2.45, 2.75) is 18.9 Å². The molecule has 2 N–H and O–H groups in total. The SMILES string of the molecule is CN1CC2(CC(N=CN)C2)C1. The van der Waals surface area contributed by atoms with Gasteiger partial charge < -0.3 is 10.6 Å². The van der Waals surface area contributed by atoms with E-state index in [1.165, 1.54) is 32.3 Å². The molecule has 1 saturated heterocycles. The standard InChI is InChI=1S/C8H15N3/c1-11-4-8(5-11)2-7(3-8)10-6-9/h6-7H,2-5H2,1H3,(H2,9,10). The van der Waals surface area contributed by atoms with Gasteiger partial charge in [-0.25, -0.2) is 0 Å². The number of nitrogens with zero attached hydrogens (tertiary/aromatic N) is 2. The molecule has 2 aliphatic rings. The van der Waals surface area contributed by atoms with Gasteiger partial charge in [-0.1, -0.05) is 0 Å². The van der Waals surface area contributed by atoms with E-state index in [0.29, 0.717) is 11.5 Å². The molecule has 62 valence electrons. The Morgan fingerprint density at radius 2 is 2.18 bits per heavy atom. The van der Waals surface area contributed by atoms with E-state index in [4.69, 9.17) is 5.73 Å². The van der Waals surface area contributed by atoms with Crippen molar-refractivity contribution in [3.8, 4) is 0 Å². The zero-order chi connectivity index (χ0) is 7.90. The van der Waals surface area contributed by atoms with E-state index in [-0.39, 0.29) is 0 Å². The van der Waals surface area contributed by atoms with Gasteiger partial charge in [0.05, 0.1) is 12.4 Å². The normalized spacial score (nSPS) is 30.6. The monoisotopic (exact) mass is 153 g/mol. The second-order valence-electron chi connectivity index (χ2n) is 4.03. The Kier molecular flexibility index (Phi) is 1.42. The lowest BCUT2D eigenvalue weighted by molar-refractivity contribution is -0.0552. The second-order valence-corrected chi connectivity index (χ2v) is 4.03. The first-order chi connectivity index (χ1) is 5.24. The van der Waals surface area contributed by atoms with Crippen molar-refractivity contribution in [2.75, 3.05) is 20.1 Å². The summed E-state index contributed by atoms with van der Waals surface area (Å²) >= 11 is 0. The van der Waals surface area contributed by atoms with Crippen molar-refractivity contribution < 1.29 is 0 Å². The lowest BCUT2D eigenvalue weighted by Crippen LogP contribution is -2.61. The number of hydrogen-bond acceptors (Lipinski definition) is 2. The van der Waals surface area contributed by atoms with Gasteiger partial charge in [-0.05, 0) is 25.3 Å². The third-order valence-electron chi connectivity index (χ3n) is 2.84. The van der Waals surface area contributed by atoms with Crippen molar-refractivity contribution in [3.05, 3.63) is 0 Å². The number of aliphatic imine (C=N–C) groups is 1. The fourth-order valence-electron chi connectivity index (χ4n) is 2.52. The molecule has 0 radical (unpaired) electrons. The van der Waals surface area contributed by atoms with Crippen molar-refractivity contribution in [2.24, 2.45) is 16.1 Å². The Morgan fingerprint density at radius 3 is 2.64 bits per heavy atom. The Hall–Kier alpha value is -0.570. The first-order valence-electron chi connectivity index (χ1n) is 4.16. The highest BCUT2D eigenvalue weighted by Gasteiger charge is 2.50. The Balaban J connectivity index is 1.80. The van der Waals surface area contributed by atoms with E-state index >= 15 is 0 Å². The molecule has 0 aromatic heterocycles. The van der Waals surface area contributed by atoms with E-state index in [1.807, 2.05) is 0 Å². The minimum atomic E-state index is 0.536. The van der Waals surface area contributed by atoms with Gasteiger partial charge >= 0.3 is 0 Å². The van der Waals surface area contributed by atoms with Gasteiger partial charge in [0.15, 0.2) is 0 Å². The van der Waals surface area contributed by atoms with Crippen LogP contribution in [-0.2, 0) is 0 Å². The van der Waals surface area contributed by atoms with Crippen LogP contribution >= 0.6 is 0 Å². The number of hydrogen-bond donors (Lipinski definition) is 1. The summed E-state index contributed by atoms with van der Waals surface area (Å²) in [5, 5.41) is 0. The zero-order valence-electron chi connectivity index (χ0n) is 6.95. The van der Waals surface area contributed by atoms with Gasteiger partial charge in [-0.15, -0.1) is 0 Å². The summed E-state index contributed by atoms with van der Waals surface area (Å²) in [6, 6.07) is 0.536. The third kappa shape index (κ3) is 1.03. The summed E-state index contributed by atoms with van der Waals surface area (Å²) in [7, 11) is 2.17. The summed E-state index contributed by atoms with van der Waals surface area (Å²) in [5.41, 5.74) is 5.86. The maximum absolute atomic E-state index is 5.21. The van der Waals surface area contributed by atoms with Crippen LogP contribution in [0.25, 0.3) is 0 Å². The molecular formula is C8H15N3. The highest BCUT2D eigenvalue weighted by atomic mass is 15.2. The molecule has 0 bridgehead atoms. The van der Waals surface area contributed by atoms with E-state index in [2.05, 4.69) is 16.9 Å². The Bertz CT molecular complexity index is 174. The lowest BCUT2D eigenvalue weighted by Gasteiger charge is -2.57. The van der Waals surface area contributed by atoms with Crippen LogP contribution in [0.15, 0.2) is 4.99 Å². The number of nitrogens with two attached hydrogens (primary N) is 1. The lowest BCUT2D eigenvalue weighted by atomic mass is 9.61. The molecule has 1 spiro atoms. The minimum absolute atomic E-state index is 0.536. The highest BCUT2D eigenvalue weighted by molar-refractivity contribution is 5.51. The molecule has 3 heteroatoms. The maximum Gasteiger partial charge on any atom is 0.0801 e. The van der Waals surface area contributed by atoms with Crippen LogP contribution in [0, 0.1) is 5.41 Å². The summed E-state index contributed by atoms with van der Waals surface area (Å²) in [5.74, 6) is 0. The first kappa shape index (κ1) is 7.10. The molecule has 0 aromatic carbocycles. The predicted molar refractivity (Wildman–Crippen MR) is 45.6 cm³/mol. The molecule has 1 aliphatic carbocycles. The van der Waals surface area contributed by atoms with Gasteiger partial charge in [0.25, 0.3) is 0 Å². The van der Waals surface area contributed by atoms with Gasteiger partial charge in [-0.2, -0.15) is 0 Å². The fourth-order valence-corrected chi connectivity index (χ4v) is 2.52. The molecule has 1 heterocycles. The highest BCUT2D eigenvalue weighted by Crippen LogP contribution is 2.48. The second kappa shape index (κ2) is 2.21. The predicted octanol–water partition coefficient (Wildman–Crippen LogP) is 0.0676. The molecule has 1 aliphatic heterocycles. The van der Waals surface area contributed by atoms with Crippen LogP contribution in [0.1, 0.15) is 12.8 Å². The van der Waals surface area contributed by atoms with Crippen LogP contribution < -0.4 is 5.73 Å². The average Bonchev–Trinajstić information content (AvgIpc) is 1.80. The summed E-state index contributed by atoms with van der Waals surface area (Å²) in [6.45, 7) is 2.53. The molecule has 1 saturated carbocycles. The first-order valence-corrected chi connectivity index (χ1v) is 4.16. The molecule has 2 rings (SSSR count). The van der Waals surface area contributed by atoms with Crippen molar-refractivity contribution in [1.29, 1.82) is 0 Å². The summed E-state index contributed by atoms with van der Waals surface area (Å²) in [6.07, 6.45) is 3.95. The molecular weight excluding hydrogens is 138 g/mol. The van der Waals surface area contributed by atoms with E-state index in [0.717, 1.165) is 0 Å². The minimum Gasteiger partial charge on any atom is -0.390 e. The average molecular weight is 153 g/mol. The molecule has 0 amide bonds. The Morgan fingerprint density at radius 1 is 1.55 bits per heavy atom. The molecule has 11 heavy (non-hydrogen) atoms. The largest absolute Gasteiger partial charge is 0.390 e. The van der Waals surface area contributed by atoms with E-state index < -0.39 is 0 Å². The zero-order valence-corrected chi connectivity index (χ0v) is 6.95. The van der Waals surface area contributed by atoms with Gasteiger partial charge in [-0.3, -0.25) is 4.99 Å². The third-order valence-corrected chi connectivity index (χ3v) is 2.84. The quantitative estimate of drug-likeness (QED) is 0.428. The summed E-state index contributed by atoms with van der Waals surface area (Å²) in [4.78, 5) is 6.53. The maximum atomic E-state index is 5.21. The molecule has 3 nitrogen and oxygen atoms in total. The van der Waals surface area contributed by atoms with Crippen molar-refractivity contribution >= 4 is 6.34 Å². The fraction of sp³-hybridized carbons (Fsp3) is 0.875. The van der Waals surface area contributed by atoms with Crippen LogP contribution in [0.5, 0.6) is 0 Å². The van der Waals surface area contributed by atoms with Gasteiger partial charge in [0.1, 0.15) is 0 Å². The van der Waals surface area contributed by atoms with Crippen molar-refractivity contribution in [3.63, 3.8) is 0 Å². The summed E-state index contributed by atoms with van der Waals surface area (Å²) < 4.78 is 0. The van der Waals surface area contributed by atoms with Crippen molar-refractivity contribution in [1.82, 2.24) is 4.90 Å². The number of rotatable bonds is 1.